The number of hydrogen-bond acceptors (Lipinski definition) is 4. The zero-order valence-corrected chi connectivity index (χ0v) is 9.04. The molecule has 5 heteroatoms. The molecule has 1 aromatic rings. The largest absolute Gasteiger partial charge is 0.421 e. The summed E-state index contributed by atoms with van der Waals surface area (Å²) in [5.41, 5.74) is 0. The average Bonchev–Trinajstić information content (AvgIpc) is 2.30. The van der Waals surface area contributed by atoms with E-state index < -0.39 is 16.9 Å². The molecule has 1 rings (SSSR count). The first-order valence-electron chi connectivity index (χ1n) is 4.99. The van der Waals surface area contributed by atoms with Crippen LogP contribution in [0.15, 0.2) is 30.3 Å². The molecule has 0 fully saturated rings. The van der Waals surface area contributed by atoms with Crippen molar-refractivity contribution in [2.24, 2.45) is 0 Å². The first-order chi connectivity index (χ1) is 8.15. The molecule has 0 radical (unpaired) electrons. The monoisotopic (exact) mass is 233 g/mol. The molecule has 1 aromatic carbocycles. The van der Waals surface area contributed by atoms with Gasteiger partial charge in [0.15, 0.2) is 0 Å². The molecule has 0 aliphatic rings. The van der Waals surface area contributed by atoms with Crippen molar-refractivity contribution in [3.05, 3.63) is 40.4 Å². The maximum Gasteiger partial charge on any atom is 0.387 e. The summed E-state index contributed by atoms with van der Waals surface area (Å²) in [6.07, 6.45) is 5.15. The summed E-state index contributed by atoms with van der Waals surface area (Å²) in [5.74, 6) is 1.65. The molecule has 1 unspecified atom stereocenters. The first-order valence-corrected chi connectivity index (χ1v) is 4.99. The maximum atomic E-state index is 11.5. The van der Waals surface area contributed by atoms with Crippen LogP contribution in [0.5, 0.6) is 5.75 Å². The van der Waals surface area contributed by atoms with Crippen molar-refractivity contribution in [2.45, 2.75) is 18.9 Å². The second kappa shape index (κ2) is 6.28. The summed E-state index contributed by atoms with van der Waals surface area (Å²) in [6.45, 7) is 0. The normalized spacial score (nSPS) is 11.2. The third-order valence-corrected chi connectivity index (χ3v) is 2.05. The van der Waals surface area contributed by atoms with Gasteiger partial charge < -0.3 is 4.74 Å². The standard InChI is InChI=1S/C12H11NO4/c1-2-3-9-11(13(15)16)12(14)17-10-7-5-4-6-8-10/h1,4-8,11H,3,9H2. The van der Waals surface area contributed by atoms with Crippen LogP contribution in [0.1, 0.15) is 12.8 Å². The summed E-state index contributed by atoms with van der Waals surface area (Å²) in [5, 5.41) is 10.7. The number of carbonyl (C=O) groups excluding carboxylic acids is 1. The minimum Gasteiger partial charge on any atom is -0.421 e. The second-order valence-corrected chi connectivity index (χ2v) is 3.28. The number of hydrogen-bond donors (Lipinski definition) is 0. The molecular weight excluding hydrogens is 222 g/mol. The van der Waals surface area contributed by atoms with Gasteiger partial charge in [0.2, 0.25) is 0 Å². The van der Waals surface area contributed by atoms with Crippen molar-refractivity contribution in [1.29, 1.82) is 0 Å². The molecule has 0 aliphatic carbocycles. The summed E-state index contributed by atoms with van der Waals surface area (Å²) in [6, 6.07) is 6.79. The van der Waals surface area contributed by atoms with Crippen molar-refractivity contribution in [3.8, 4) is 18.1 Å². The Morgan fingerprint density at radius 1 is 1.47 bits per heavy atom. The van der Waals surface area contributed by atoms with Crippen LogP contribution in [0.25, 0.3) is 0 Å². The molecule has 88 valence electrons. The highest BCUT2D eigenvalue weighted by Gasteiger charge is 2.31. The van der Waals surface area contributed by atoms with Gasteiger partial charge in [-0.15, -0.1) is 12.3 Å². The third-order valence-electron chi connectivity index (χ3n) is 2.05. The van der Waals surface area contributed by atoms with E-state index in [4.69, 9.17) is 11.2 Å². The van der Waals surface area contributed by atoms with Crippen molar-refractivity contribution < 1.29 is 14.5 Å². The van der Waals surface area contributed by atoms with Gasteiger partial charge in [0, 0.05) is 17.8 Å². The summed E-state index contributed by atoms with van der Waals surface area (Å²) >= 11 is 0. The number of para-hydroxylation sites is 1. The highest BCUT2D eigenvalue weighted by Crippen LogP contribution is 2.11. The van der Waals surface area contributed by atoms with Crippen molar-refractivity contribution in [1.82, 2.24) is 0 Å². The Balaban J connectivity index is 2.66. The van der Waals surface area contributed by atoms with Gasteiger partial charge in [-0.1, -0.05) is 18.2 Å². The molecule has 17 heavy (non-hydrogen) atoms. The van der Waals surface area contributed by atoms with E-state index in [2.05, 4.69) is 5.92 Å². The number of carbonyl (C=O) groups is 1. The van der Waals surface area contributed by atoms with Crippen LogP contribution in [0.2, 0.25) is 0 Å². The quantitative estimate of drug-likeness (QED) is 0.255. The van der Waals surface area contributed by atoms with Crippen molar-refractivity contribution in [2.75, 3.05) is 0 Å². The molecule has 1 atom stereocenters. The second-order valence-electron chi connectivity index (χ2n) is 3.28. The van der Waals surface area contributed by atoms with Crippen molar-refractivity contribution in [3.63, 3.8) is 0 Å². The number of terminal acetylenes is 1. The van der Waals surface area contributed by atoms with Crippen LogP contribution in [-0.4, -0.2) is 16.9 Å². The van der Waals surface area contributed by atoms with Gasteiger partial charge in [-0.2, -0.15) is 0 Å². The van der Waals surface area contributed by atoms with E-state index in [1.807, 2.05) is 0 Å². The topological polar surface area (TPSA) is 69.4 Å². The average molecular weight is 233 g/mol. The van der Waals surface area contributed by atoms with Gasteiger partial charge in [-0.05, 0) is 12.1 Å². The Bertz CT molecular complexity index is 436. The summed E-state index contributed by atoms with van der Waals surface area (Å²) < 4.78 is 4.89. The van der Waals surface area contributed by atoms with Gasteiger partial charge in [-0.25, -0.2) is 4.79 Å². The minimum atomic E-state index is -1.41. The van der Waals surface area contributed by atoms with Crippen molar-refractivity contribution >= 4 is 5.97 Å². The summed E-state index contributed by atoms with van der Waals surface area (Å²) in [4.78, 5) is 21.5. The SMILES string of the molecule is C#CCCC(C(=O)Oc1ccccc1)[N+](=O)[O-]. The number of benzene rings is 1. The van der Waals surface area contributed by atoms with Crippen LogP contribution in [0.4, 0.5) is 0 Å². The number of nitrogens with zero attached hydrogens (tertiary/aromatic N) is 1. The summed E-state index contributed by atoms with van der Waals surface area (Å²) in [7, 11) is 0. The lowest BCUT2D eigenvalue weighted by atomic mass is 10.2. The Labute approximate surface area is 98.5 Å². The van der Waals surface area contributed by atoms with Crippen LogP contribution in [0.3, 0.4) is 0 Å². The molecule has 0 heterocycles. The fourth-order valence-corrected chi connectivity index (χ4v) is 1.20. The van der Waals surface area contributed by atoms with E-state index in [-0.39, 0.29) is 18.6 Å². The maximum absolute atomic E-state index is 11.5. The first kappa shape index (κ1) is 12.7. The molecule has 0 aromatic heterocycles. The van der Waals surface area contributed by atoms with Gasteiger partial charge in [0.1, 0.15) is 5.75 Å². The number of ether oxygens (including phenoxy) is 1. The third kappa shape index (κ3) is 3.95. The van der Waals surface area contributed by atoms with E-state index in [0.717, 1.165) is 0 Å². The van der Waals surface area contributed by atoms with Gasteiger partial charge in [-0.3, -0.25) is 10.1 Å². The zero-order chi connectivity index (χ0) is 12.7. The predicted octanol–water partition coefficient (Wildman–Crippen LogP) is 1.65. The van der Waals surface area contributed by atoms with E-state index in [0.29, 0.717) is 0 Å². The molecule has 0 spiro atoms. The number of esters is 1. The van der Waals surface area contributed by atoms with E-state index in [9.17, 15) is 14.9 Å². The highest BCUT2D eigenvalue weighted by molar-refractivity contribution is 5.76. The molecule has 5 nitrogen and oxygen atoms in total. The molecule has 0 bridgehead atoms. The van der Waals surface area contributed by atoms with Gasteiger partial charge >= 0.3 is 12.0 Å². The number of rotatable bonds is 5. The lowest BCUT2D eigenvalue weighted by molar-refractivity contribution is -0.510. The van der Waals surface area contributed by atoms with E-state index >= 15 is 0 Å². The molecular formula is C12H11NO4. The fraction of sp³-hybridized carbons (Fsp3) is 0.250. The molecule has 0 aliphatic heterocycles. The Kier molecular flexibility index (Phi) is 4.70. The Morgan fingerprint density at radius 2 is 2.12 bits per heavy atom. The number of nitro groups is 1. The Morgan fingerprint density at radius 3 is 2.65 bits per heavy atom. The molecule has 0 amide bonds. The zero-order valence-electron chi connectivity index (χ0n) is 9.04. The minimum absolute atomic E-state index is 0.0187. The van der Waals surface area contributed by atoms with Crippen LogP contribution in [0, 0.1) is 22.5 Å². The lowest BCUT2D eigenvalue weighted by Gasteiger charge is -2.07. The lowest BCUT2D eigenvalue weighted by Crippen LogP contribution is -2.33. The van der Waals surface area contributed by atoms with Crippen LogP contribution in [-0.2, 0) is 4.79 Å². The van der Waals surface area contributed by atoms with Crippen LogP contribution >= 0.6 is 0 Å². The van der Waals surface area contributed by atoms with Gasteiger partial charge in [0.05, 0.1) is 0 Å². The van der Waals surface area contributed by atoms with Crippen LogP contribution < -0.4 is 4.74 Å². The van der Waals surface area contributed by atoms with E-state index in [1.54, 1.807) is 30.3 Å². The highest BCUT2D eigenvalue weighted by atomic mass is 16.6. The molecule has 0 saturated heterocycles. The fourth-order valence-electron chi connectivity index (χ4n) is 1.20. The smallest absolute Gasteiger partial charge is 0.387 e. The Hall–Kier alpha value is -2.35. The predicted molar refractivity (Wildman–Crippen MR) is 60.9 cm³/mol. The van der Waals surface area contributed by atoms with E-state index in [1.165, 1.54) is 0 Å². The van der Waals surface area contributed by atoms with Gasteiger partial charge in [0.25, 0.3) is 0 Å². The molecule has 0 N–H and O–H groups in total. The molecule has 0 saturated carbocycles.